The summed E-state index contributed by atoms with van der Waals surface area (Å²) < 4.78 is 26.8. The maximum atomic E-state index is 12.8. The second-order valence-electron chi connectivity index (χ2n) is 4.97. The zero-order valence-corrected chi connectivity index (χ0v) is 14.0. The molecule has 0 saturated heterocycles. The molecule has 0 radical (unpaired) electrons. The van der Waals surface area contributed by atoms with Crippen LogP contribution in [-0.2, 0) is 14.8 Å². The number of carboxylic acids is 1. The van der Waals surface area contributed by atoms with Crippen molar-refractivity contribution in [2.45, 2.75) is 18.2 Å². The van der Waals surface area contributed by atoms with Gasteiger partial charge in [-0.3, -0.25) is 9.10 Å². The Balaban J connectivity index is 2.49. The van der Waals surface area contributed by atoms with Gasteiger partial charge in [0.15, 0.2) is 0 Å². The maximum absolute atomic E-state index is 12.8. The van der Waals surface area contributed by atoms with Gasteiger partial charge in [-0.2, -0.15) is 0 Å². The van der Waals surface area contributed by atoms with Crippen molar-refractivity contribution >= 4 is 33.3 Å². The summed E-state index contributed by atoms with van der Waals surface area (Å²) in [5, 5.41) is 9.42. The van der Waals surface area contributed by atoms with Crippen LogP contribution < -0.4 is 4.31 Å². The Kier molecular flexibility index (Phi) is 5.28. The number of sulfonamides is 1. The lowest BCUT2D eigenvalue weighted by Crippen LogP contribution is -2.33. The number of hydrogen-bond acceptors (Lipinski definition) is 3. The third kappa shape index (κ3) is 4.03. The number of carboxylic acid groups (broad SMARTS) is 1. The number of aryl methyl sites for hydroxylation is 1. The van der Waals surface area contributed by atoms with Gasteiger partial charge in [0.1, 0.15) is 0 Å². The zero-order chi connectivity index (χ0) is 17.0. The number of hydrogen-bond donors (Lipinski definition) is 1. The minimum Gasteiger partial charge on any atom is -0.481 e. The Morgan fingerprint density at radius 2 is 1.83 bits per heavy atom. The standard InChI is InChI=1S/C16H16ClNO4S/c1-12-11-13(7-8-15(12)17)18(10-9-16(19)20)23(21,22)14-5-3-2-4-6-14/h2-8,11H,9-10H2,1H3,(H,19,20). The van der Waals surface area contributed by atoms with Crippen LogP contribution in [0.1, 0.15) is 12.0 Å². The molecule has 0 saturated carbocycles. The molecule has 0 unspecified atom stereocenters. The molecule has 0 aliphatic rings. The molecule has 122 valence electrons. The Bertz CT molecular complexity index is 806. The highest BCUT2D eigenvalue weighted by atomic mass is 35.5. The average molecular weight is 354 g/mol. The first-order valence-corrected chi connectivity index (χ1v) is 8.70. The van der Waals surface area contributed by atoms with E-state index in [1.54, 1.807) is 43.3 Å². The highest BCUT2D eigenvalue weighted by Crippen LogP contribution is 2.27. The minimum absolute atomic E-state index is 0.109. The molecule has 1 N–H and O–H groups in total. The van der Waals surface area contributed by atoms with Crippen molar-refractivity contribution in [3.63, 3.8) is 0 Å². The highest BCUT2D eigenvalue weighted by molar-refractivity contribution is 7.92. The number of benzene rings is 2. The number of carbonyl (C=O) groups is 1. The Morgan fingerprint density at radius 3 is 2.39 bits per heavy atom. The monoisotopic (exact) mass is 353 g/mol. The molecule has 0 fully saturated rings. The maximum Gasteiger partial charge on any atom is 0.305 e. The molecule has 0 spiro atoms. The Morgan fingerprint density at radius 1 is 1.17 bits per heavy atom. The number of rotatable bonds is 6. The molecule has 0 aromatic heterocycles. The zero-order valence-electron chi connectivity index (χ0n) is 12.4. The molecule has 0 amide bonds. The smallest absolute Gasteiger partial charge is 0.305 e. The lowest BCUT2D eigenvalue weighted by atomic mass is 10.2. The lowest BCUT2D eigenvalue weighted by molar-refractivity contribution is -0.136. The average Bonchev–Trinajstić information content (AvgIpc) is 2.51. The molecule has 0 atom stereocenters. The molecular formula is C16H16ClNO4S. The predicted octanol–water partition coefficient (Wildman–Crippen LogP) is 3.32. The van der Waals surface area contributed by atoms with Crippen LogP contribution in [0.4, 0.5) is 5.69 Å². The summed E-state index contributed by atoms with van der Waals surface area (Å²) in [6.07, 6.45) is -0.298. The molecule has 7 heteroatoms. The van der Waals surface area contributed by atoms with Gasteiger partial charge < -0.3 is 5.11 Å². The van der Waals surface area contributed by atoms with Gasteiger partial charge in [0, 0.05) is 11.6 Å². The summed E-state index contributed by atoms with van der Waals surface area (Å²) in [6, 6.07) is 12.7. The Hall–Kier alpha value is -2.05. The van der Waals surface area contributed by atoms with Gasteiger partial charge in [-0.05, 0) is 42.8 Å². The molecule has 23 heavy (non-hydrogen) atoms. The summed E-state index contributed by atoms with van der Waals surface area (Å²) in [5.41, 5.74) is 1.10. The van der Waals surface area contributed by atoms with E-state index in [-0.39, 0.29) is 17.9 Å². The van der Waals surface area contributed by atoms with Crippen LogP contribution in [0.15, 0.2) is 53.4 Å². The van der Waals surface area contributed by atoms with E-state index in [9.17, 15) is 13.2 Å². The largest absolute Gasteiger partial charge is 0.481 e. The third-order valence-corrected chi connectivity index (χ3v) is 5.56. The fraction of sp³-hybridized carbons (Fsp3) is 0.188. The topological polar surface area (TPSA) is 74.7 Å². The van der Waals surface area contributed by atoms with Gasteiger partial charge in [0.25, 0.3) is 10.0 Å². The van der Waals surface area contributed by atoms with E-state index in [2.05, 4.69) is 0 Å². The SMILES string of the molecule is Cc1cc(N(CCC(=O)O)S(=O)(=O)c2ccccc2)ccc1Cl. The third-order valence-electron chi connectivity index (χ3n) is 3.29. The number of anilines is 1. The summed E-state index contributed by atoms with van der Waals surface area (Å²) in [5.74, 6) is -1.07. The summed E-state index contributed by atoms with van der Waals surface area (Å²) in [7, 11) is -3.85. The first-order valence-electron chi connectivity index (χ1n) is 6.88. The van der Waals surface area contributed by atoms with Gasteiger partial charge in [0.2, 0.25) is 0 Å². The van der Waals surface area contributed by atoms with E-state index >= 15 is 0 Å². The van der Waals surface area contributed by atoms with Crippen LogP contribution in [0, 0.1) is 6.92 Å². The molecular weight excluding hydrogens is 338 g/mol. The quantitative estimate of drug-likeness (QED) is 0.864. The van der Waals surface area contributed by atoms with Crippen molar-refractivity contribution in [1.82, 2.24) is 0 Å². The summed E-state index contributed by atoms with van der Waals surface area (Å²) in [6.45, 7) is 1.60. The fourth-order valence-electron chi connectivity index (χ4n) is 2.09. The molecule has 2 aromatic rings. The molecule has 2 rings (SSSR count). The van der Waals surface area contributed by atoms with Crippen LogP contribution in [0.5, 0.6) is 0 Å². The van der Waals surface area contributed by atoms with Crippen molar-refractivity contribution in [1.29, 1.82) is 0 Å². The lowest BCUT2D eigenvalue weighted by Gasteiger charge is -2.24. The van der Waals surface area contributed by atoms with Crippen molar-refractivity contribution < 1.29 is 18.3 Å². The van der Waals surface area contributed by atoms with Crippen LogP contribution >= 0.6 is 11.6 Å². The highest BCUT2D eigenvalue weighted by Gasteiger charge is 2.25. The molecule has 5 nitrogen and oxygen atoms in total. The van der Waals surface area contributed by atoms with E-state index in [1.165, 1.54) is 12.1 Å². The van der Waals surface area contributed by atoms with Gasteiger partial charge in [0.05, 0.1) is 17.0 Å². The second kappa shape index (κ2) is 7.02. The van der Waals surface area contributed by atoms with Gasteiger partial charge >= 0.3 is 5.97 Å². The van der Waals surface area contributed by atoms with Crippen molar-refractivity contribution in [3.05, 3.63) is 59.1 Å². The number of nitrogens with zero attached hydrogens (tertiary/aromatic N) is 1. The molecule has 0 bridgehead atoms. The predicted molar refractivity (Wildman–Crippen MR) is 89.4 cm³/mol. The van der Waals surface area contributed by atoms with Crippen LogP contribution in [-0.4, -0.2) is 26.0 Å². The minimum atomic E-state index is -3.85. The summed E-state index contributed by atoms with van der Waals surface area (Å²) >= 11 is 5.98. The van der Waals surface area contributed by atoms with E-state index in [1.807, 2.05) is 0 Å². The fourth-order valence-corrected chi connectivity index (χ4v) is 3.68. The van der Waals surface area contributed by atoms with E-state index < -0.39 is 16.0 Å². The van der Waals surface area contributed by atoms with Gasteiger partial charge in [-0.15, -0.1) is 0 Å². The van der Waals surface area contributed by atoms with Crippen molar-refractivity contribution in [2.24, 2.45) is 0 Å². The summed E-state index contributed by atoms with van der Waals surface area (Å²) in [4.78, 5) is 11.0. The molecule has 0 aliphatic heterocycles. The normalized spacial score (nSPS) is 11.2. The van der Waals surface area contributed by atoms with E-state index in [4.69, 9.17) is 16.7 Å². The Labute approximate surface area is 140 Å². The van der Waals surface area contributed by atoms with Gasteiger partial charge in [-0.25, -0.2) is 8.42 Å². The van der Waals surface area contributed by atoms with Crippen LogP contribution in [0.2, 0.25) is 5.02 Å². The number of aliphatic carboxylic acids is 1. The van der Waals surface area contributed by atoms with Gasteiger partial charge in [-0.1, -0.05) is 29.8 Å². The van der Waals surface area contributed by atoms with E-state index in [0.29, 0.717) is 16.3 Å². The second-order valence-corrected chi connectivity index (χ2v) is 7.24. The molecule has 0 heterocycles. The first-order chi connectivity index (χ1) is 10.8. The first kappa shape index (κ1) is 17.3. The van der Waals surface area contributed by atoms with Crippen LogP contribution in [0.25, 0.3) is 0 Å². The molecule has 2 aromatic carbocycles. The van der Waals surface area contributed by atoms with Crippen LogP contribution in [0.3, 0.4) is 0 Å². The number of halogens is 1. The van der Waals surface area contributed by atoms with E-state index in [0.717, 1.165) is 4.31 Å². The van der Waals surface area contributed by atoms with Crippen molar-refractivity contribution in [2.75, 3.05) is 10.8 Å². The van der Waals surface area contributed by atoms with Crippen molar-refractivity contribution in [3.8, 4) is 0 Å². The molecule has 0 aliphatic carbocycles.